The molecule has 0 aliphatic rings. The van der Waals surface area contributed by atoms with Crippen LogP contribution in [-0.4, -0.2) is 34.7 Å². The lowest BCUT2D eigenvalue weighted by molar-refractivity contribution is -0.141. The molecular weight excluding hydrogens is 477 g/mol. The van der Waals surface area contributed by atoms with Crippen molar-refractivity contribution in [1.29, 1.82) is 0 Å². The Morgan fingerprint density at radius 2 is 2.03 bits per heavy atom. The molecule has 0 aromatic carbocycles. The van der Waals surface area contributed by atoms with E-state index in [9.17, 15) is 18.0 Å². The summed E-state index contributed by atoms with van der Waals surface area (Å²) in [4.78, 5) is 25.1. The van der Waals surface area contributed by atoms with Crippen LogP contribution >= 0.6 is 22.9 Å². The monoisotopic (exact) mass is 500 g/mol. The second-order valence-corrected chi connectivity index (χ2v) is 9.66. The SMILES string of the molecule is CCO/N=C(/CNC(=O)Cc1sc(C)nc1C(F)(F)F)c1ncc(C#CC(C)(C)C)cc1Cl. The van der Waals surface area contributed by atoms with Crippen LogP contribution in [0.4, 0.5) is 13.2 Å². The van der Waals surface area contributed by atoms with Gasteiger partial charge in [-0.3, -0.25) is 9.78 Å². The lowest BCUT2D eigenvalue weighted by Crippen LogP contribution is -2.32. The van der Waals surface area contributed by atoms with Crippen LogP contribution < -0.4 is 5.32 Å². The fraction of sp³-hybridized carbons (Fsp3) is 0.455. The van der Waals surface area contributed by atoms with E-state index in [-0.39, 0.29) is 44.9 Å². The highest BCUT2D eigenvalue weighted by molar-refractivity contribution is 7.11. The zero-order valence-electron chi connectivity index (χ0n) is 18.9. The van der Waals surface area contributed by atoms with E-state index in [0.29, 0.717) is 5.56 Å². The molecule has 0 bridgehead atoms. The molecule has 11 heteroatoms. The van der Waals surface area contributed by atoms with Gasteiger partial charge >= 0.3 is 6.18 Å². The van der Waals surface area contributed by atoms with Crippen molar-refractivity contribution in [1.82, 2.24) is 15.3 Å². The van der Waals surface area contributed by atoms with E-state index >= 15 is 0 Å². The maximum Gasteiger partial charge on any atom is 0.434 e. The van der Waals surface area contributed by atoms with Gasteiger partial charge in [0.1, 0.15) is 18.0 Å². The zero-order chi connectivity index (χ0) is 24.8. The van der Waals surface area contributed by atoms with Crippen LogP contribution in [0.1, 0.15) is 54.5 Å². The first kappa shape index (κ1) is 26.6. The summed E-state index contributed by atoms with van der Waals surface area (Å²) in [5.41, 5.74) is -0.128. The number of oxime groups is 1. The standard InChI is InChI=1S/C22H24ClF3N4O2S/c1-6-32-30-16(19-15(23)9-14(11-28-19)7-8-21(3,4)5)12-27-18(31)10-17-20(22(24,25)26)29-13(2)33-17/h9,11H,6,10,12H2,1-5H3,(H,27,31)/b30-16-. The van der Waals surface area contributed by atoms with Crippen molar-refractivity contribution in [3.63, 3.8) is 0 Å². The molecule has 2 aromatic rings. The third-order valence-corrected chi connectivity index (χ3v) is 5.11. The largest absolute Gasteiger partial charge is 0.434 e. The van der Waals surface area contributed by atoms with Crippen molar-refractivity contribution in [3.05, 3.63) is 44.1 Å². The molecule has 0 saturated heterocycles. The lowest BCUT2D eigenvalue weighted by atomic mass is 9.97. The molecule has 2 aromatic heterocycles. The number of thiazole rings is 1. The number of alkyl halides is 3. The Labute approximate surface area is 199 Å². The number of aromatic nitrogens is 2. The van der Waals surface area contributed by atoms with Gasteiger partial charge in [-0.05, 0) is 40.7 Å². The van der Waals surface area contributed by atoms with Gasteiger partial charge in [0.15, 0.2) is 5.69 Å². The first-order valence-corrected chi connectivity index (χ1v) is 11.2. The van der Waals surface area contributed by atoms with Crippen molar-refractivity contribution >= 4 is 34.6 Å². The van der Waals surface area contributed by atoms with Crippen LogP contribution in [0.25, 0.3) is 0 Å². The summed E-state index contributed by atoms with van der Waals surface area (Å²) in [6.45, 7) is 9.23. The Balaban J connectivity index is 2.18. The average Bonchev–Trinajstić information content (AvgIpc) is 3.07. The van der Waals surface area contributed by atoms with Gasteiger partial charge in [0, 0.05) is 22.1 Å². The Morgan fingerprint density at radius 1 is 1.33 bits per heavy atom. The minimum Gasteiger partial charge on any atom is -0.396 e. The van der Waals surface area contributed by atoms with Crippen molar-refractivity contribution in [2.75, 3.05) is 13.2 Å². The van der Waals surface area contributed by atoms with E-state index in [1.165, 1.54) is 13.1 Å². The quantitative estimate of drug-likeness (QED) is 0.329. The first-order chi connectivity index (χ1) is 15.3. The van der Waals surface area contributed by atoms with Crippen LogP contribution in [0.5, 0.6) is 0 Å². The molecule has 2 heterocycles. The van der Waals surface area contributed by atoms with Gasteiger partial charge in [-0.2, -0.15) is 13.2 Å². The second kappa shape index (κ2) is 11.0. The molecule has 0 aliphatic heterocycles. The summed E-state index contributed by atoms with van der Waals surface area (Å²) >= 11 is 7.19. The first-order valence-electron chi connectivity index (χ1n) is 9.98. The summed E-state index contributed by atoms with van der Waals surface area (Å²) in [5, 5.41) is 6.99. The summed E-state index contributed by atoms with van der Waals surface area (Å²) in [6.07, 6.45) is -3.57. The number of halogens is 4. The fourth-order valence-electron chi connectivity index (χ4n) is 2.48. The molecular formula is C22H24ClF3N4O2S. The van der Waals surface area contributed by atoms with E-state index in [0.717, 1.165) is 11.3 Å². The number of pyridine rings is 1. The highest BCUT2D eigenvalue weighted by Crippen LogP contribution is 2.34. The zero-order valence-corrected chi connectivity index (χ0v) is 20.4. The number of nitrogens with zero attached hydrogens (tertiary/aromatic N) is 3. The molecule has 0 spiro atoms. The van der Waals surface area contributed by atoms with Gasteiger partial charge in [-0.25, -0.2) is 4.98 Å². The van der Waals surface area contributed by atoms with Crippen LogP contribution in [0.3, 0.4) is 0 Å². The molecule has 0 fully saturated rings. The third kappa shape index (κ3) is 8.33. The molecule has 0 radical (unpaired) electrons. The number of hydrogen-bond acceptors (Lipinski definition) is 6. The van der Waals surface area contributed by atoms with Crippen molar-refractivity contribution in [2.45, 2.75) is 47.2 Å². The Kier molecular flexibility index (Phi) is 8.86. The van der Waals surface area contributed by atoms with Crippen LogP contribution in [0, 0.1) is 24.2 Å². The molecule has 33 heavy (non-hydrogen) atoms. The molecule has 0 atom stereocenters. The second-order valence-electron chi connectivity index (χ2n) is 7.97. The highest BCUT2D eigenvalue weighted by atomic mass is 35.5. The highest BCUT2D eigenvalue weighted by Gasteiger charge is 2.37. The maximum absolute atomic E-state index is 13.1. The van der Waals surface area contributed by atoms with Gasteiger partial charge in [0.05, 0.1) is 23.0 Å². The molecule has 1 N–H and O–H groups in total. The molecule has 178 valence electrons. The predicted octanol–water partition coefficient (Wildman–Crippen LogP) is 5.02. The van der Waals surface area contributed by atoms with Gasteiger partial charge < -0.3 is 10.2 Å². The lowest BCUT2D eigenvalue weighted by Gasteiger charge is -2.10. The minimum absolute atomic E-state index is 0.141. The summed E-state index contributed by atoms with van der Waals surface area (Å²) in [5.74, 6) is 5.45. The number of aryl methyl sites for hydroxylation is 1. The summed E-state index contributed by atoms with van der Waals surface area (Å²) in [7, 11) is 0. The van der Waals surface area contributed by atoms with E-state index in [1.54, 1.807) is 13.0 Å². The number of carbonyl (C=O) groups excluding carboxylic acids is 1. The Morgan fingerprint density at radius 3 is 2.61 bits per heavy atom. The third-order valence-electron chi connectivity index (χ3n) is 3.85. The average molecular weight is 501 g/mol. The molecule has 1 amide bonds. The van der Waals surface area contributed by atoms with Crippen LogP contribution in [-0.2, 0) is 22.2 Å². The van der Waals surface area contributed by atoms with Crippen molar-refractivity contribution in [3.8, 4) is 11.8 Å². The van der Waals surface area contributed by atoms with Gasteiger partial charge in [0.2, 0.25) is 5.91 Å². The van der Waals surface area contributed by atoms with E-state index in [1.807, 2.05) is 20.8 Å². The minimum atomic E-state index is -4.63. The van der Waals surface area contributed by atoms with Crippen LogP contribution in [0.15, 0.2) is 17.4 Å². The Bertz CT molecular complexity index is 1100. The molecule has 0 aliphatic carbocycles. The van der Waals surface area contributed by atoms with Gasteiger partial charge in [0.25, 0.3) is 0 Å². The van der Waals surface area contributed by atoms with Gasteiger partial charge in [-0.15, -0.1) is 11.3 Å². The molecule has 0 unspecified atom stereocenters. The smallest absolute Gasteiger partial charge is 0.396 e. The maximum atomic E-state index is 13.1. The summed E-state index contributed by atoms with van der Waals surface area (Å²) < 4.78 is 39.4. The number of amides is 1. The van der Waals surface area contributed by atoms with Crippen molar-refractivity contribution in [2.24, 2.45) is 10.6 Å². The molecule has 6 nitrogen and oxygen atoms in total. The van der Waals surface area contributed by atoms with E-state index in [2.05, 4.69) is 32.3 Å². The van der Waals surface area contributed by atoms with Crippen LogP contribution in [0.2, 0.25) is 5.02 Å². The van der Waals surface area contributed by atoms with E-state index in [4.69, 9.17) is 16.4 Å². The summed E-state index contributed by atoms with van der Waals surface area (Å²) in [6, 6.07) is 1.63. The van der Waals surface area contributed by atoms with Gasteiger partial charge in [-0.1, -0.05) is 28.6 Å². The predicted molar refractivity (Wildman–Crippen MR) is 122 cm³/mol. The van der Waals surface area contributed by atoms with E-state index < -0.39 is 24.2 Å². The number of nitrogens with one attached hydrogen (secondary N) is 1. The molecule has 2 rings (SSSR count). The molecule has 0 saturated carbocycles. The number of hydrogen-bond donors (Lipinski definition) is 1. The number of rotatable bonds is 7. The number of carbonyl (C=O) groups is 1. The fourth-order valence-corrected chi connectivity index (χ4v) is 3.71. The normalized spacial score (nSPS) is 12.2. The Hall–Kier alpha value is -2.64. The topological polar surface area (TPSA) is 76.5 Å². The van der Waals surface area contributed by atoms with Crippen molar-refractivity contribution < 1.29 is 22.8 Å².